The highest BCUT2D eigenvalue weighted by atomic mass is 32.2. The molecule has 0 bridgehead atoms. The van der Waals surface area contributed by atoms with Gasteiger partial charge in [0.05, 0.1) is 12.7 Å². The fourth-order valence-corrected chi connectivity index (χ4v) is 3.91. The van der Waals surface area contributed by atoms with Crippen molar-refractivity contribution in [2.45, 2.75) is 14.4 Å². The summed E-state index contributed by atoms with van der Waals surface area (Å²) in [6.07, 6.45) is 1.99. The number of hydrogen-bond donors (Lipinski definition) is 2. The Balaban J connectivity index is 2.08. The molecule has 0 atom stereocenters. The van der Waals surface area contributed by atoms with E-state index in [0.717, 1.165) is 20.0 Å². The molecule has 20 heavy (non-hydrogen) atoms. The maximum atomic E-state index is 7.48. The van der Waals surface area contributed by atoms with Crippen LogP contribution in [0.5, 0.6) is 5.75 Å². The second-order valence-corrected chi connectivity index (χ2v) is 7.03. The number of nitrogens with zero attached hydrogens (tertiary/aromatic N) is 2. The number of nitrogens with two attached hydrogens (primary N) is 1. The number of rotatable bonds is 6. The van der Waals surface area contributed by atoms with Gasteiger partial charge in [0.25, 0.3) is 0 Å². The van der Waals surface area contributed by atoms with Gasteiger partial charge in [-0.05, 0) is 24.0 Å². The zero-order valence-electron chi connectivity index (χ0n) is 11.0. The first-order valence-electron chi connectivity index (χ1n) is 5.65. The summed E-state index contributed by atoms with van der Waals surface area (Å²) in [6, 6.07) is 5.66. The van der Waals surface area contributed by atoms with Crippen LogP contribution in [0, 0.1) is 5.41 Å². The minimum Gasteiger partial charge on any atom is -0.496 e. The fourth-order valence-electron chi connectivity index (χ4n) is 1.53. The molecule has 0 aliphatic rings. The Hall–Kier alpha value is -1.25. The molecule has 1 heterocycles. The summed E-state index contributed by atoms with van der Waals surface area (Å²) in [4.78, 5) is 0. The smallest absolute Gasteiger partial charge is 0.175 e. The Kier molecular flexibility index (Phi) is 5.27. The summed E-state index contributed by atoms with van der Waals surface area (Å²) in [5.74, 6) is 1.41. The van der Waals surface area contributed by atoms with Crippen LogP contribution in [0.15, 0.2) is 26.9 Å². The van der Waals surface area contributed by atoms with Crippen molar-refractivity contribution in [1.29, 1.82) is 5.41 Å². The Labute approximate surface area is 129 Å². The number of aromatic nitrogens is 2. The number of methoxy groups -OCH3 is 1. The number of thioether (sulfide) groups is 2. The third kappa shape index (κ3) is 3.65. The largest absolute Gasteiger partial charge is 0.496 e. The van der Waals surface area contributed by atoms with Crippen LogP contribution in [-0.2, 0) is 5.75 Å². The van der Waals surface area contributed by atoms with Crippen LogP contribution in [0.3, 0.4) is 0 Å². The normalized spacial score (nSPS) is 10.5. The predicted octanol–water partition coefficient (Wildman–Crippen LogP) is 2.84. The van der Waals surface area contributed by atoms with Crippen molar-refractivity contribution < 1.29 is 4.74 Å². The van der Waals surface area contributed by atoms with Crippen LogP contribution in [0.25, 0.3) is 0 Å². The minimum atomic E-state index is 0.00906. The zero-order valence-corrected chi connectivity index (χ0v) is 13.5. The van der Waals surface area contributed by atoms with Gasteiger partial charge in [0.15, 0.2) is 8.68 Å². The molecule has 1 aromatic carbocycles. The first-order valence-corrected chi connectivity index (χ1v) is 8.68. The molecule has 0 unspecified atom stereocenters. The van der Waals surface area contributed by atoms with Crippen molar-refractivity contribution in [2.75, 3.05) is 13.4 Å². The van der Waals surface area contributed by atoms with E-state index in [1.54, 1.807) is 42.0 Å². The molecule has 0 spiro atoms. The van der Waals surface area contributed by atoms with Crippen LogP contribution in [0.1, 0.15) is 11.1 Å². The Morgan fingerprint density at radius 1 is 1.40 bits per heavy atom. The lowest BCUT2D eigenvalue weighted by Crippen LogP contribution is -2.12. The van der Waals surface area contributed by atoms with Crippen LogP contribution in [0.2, 0.25) is 0 Å². The molecule has 1 aromatic heterocycles. The van der Waals surface area contributed by atoms with Gasteiger partial charge in [-0.3, -0.25) is 5.41 Å². The summed E-state index contributed by atoms with van der Waals surface area (Å²) >= 11 is 4.82. The van der Waals surface area contributed by atoms with Gasteiger partial charge in [0.1, 0.15) is 11.6 Å². The molecular formula is C12H14N4OS3. The van der Waals surface area contributed by atoms with Gasteiger partial charge in [-0.2, -0.15) is 0 Å². The van der Waals surface area contributed by atoms with E-state index in [1.807, 2.05) is 24.5 Å². The molecule has 106 valence electrons. The standard InChI is InChI=1S/C12H14N4OS3/c1-17-9-5-7(3-4-8(9)10(13)14)6-19-12-16-15-11(18-2)20-12/h3-5H,6H2,1-2H3,(H3,13,14). The van der Waals surface area contributed by atoms with E-state index in [2.05, 4.69) is 10.2 Å². The Morgan fingerprint density at radius 3 is 2.75 bits per heavy atom. The number of nitrogens with one attached hydrogen (secondary N) is 1. The quantitative estimate of drug-likeness (QED) is 0.482. The van der Waals surface area contributed by atoms with E-state index in [-0.39, 0.29) is 5.84 Å². The molecule has 8 heteroatoms. The SMILES string of the molecule is COc1cc(CSc2nnc(SC)s2)ccc1C(=N)N. The van der Waals surface area contributed by atoms with Crippen molar-refractivity contribution >= 4 is 40.7 Å². The Morgan fingerprint density at radius 2 is 2.15 bits per heavy atom. The van der Waals surface area contributed by atoms with Crippen molar-refractivity contribution in [1.82, 2.24) is 10.2 Å². The lowest BCUT2D eigenvalue weighted by atomic mass is 10.1. The minimum absolute atomic E-state index is 0.00906. The molecular weight excluding hydrogens is 312 g/mol. The second-order valence-electron chi connectivity index (χ2n) is 3.77. The van der Waals surface area contributed by atoms with Crippen LogP contribution >= 0.6 is 34.9 Å². The molecule has 0 aliphatic heterocycles. The molecule has 0 radical (unpaired) electrons. The van der Waals surface area contributed by atoms with Gasteiger partial charge >= 0.3 is 0 Å². The number of hydrogen-bond acceptors (Lipinski definition) is 7. The molecule has 0 fully saturated rings. The summed E-state index contributed by atoms with van der Waals surface area (Å²) in [5, 5.41) is 15.7. The van der Waals surface area contributed by atoms with E-state index in [9.17, 15) is 0 Å². The third-order valence-corrected chi connectivity index (χ3v) is 5.58. The monoisotopic (exact) mass is 326 g/mol. The molecule has 2 aromatic rings. The van der Waals surface area contributed by atoms with E-state index in [0.29, 0.717) is 11.3 Å². The van der Waals surface area contributed by atoms with E-state index >= 15 is 0 Å². The van der Waals surface area contributed by atoms with Crippen molar-refractivity contribution in [3.05, 3.63) is 29.3 Å². The van der Waals surface area contributed by atoms with Gasteiger partial charge in [0, 0.05) is 5.75 Å². The molecule has 5 nitrogen and oxygen atoms in total. The summed E-state index contributed by atoms with van der Waals surface area (Å²) in [7, 11) is 1.58. The number of ether oxygens (including phenoxy) is 1. The lowest BCUT2D eigenvalue weighted by Gasteiger charge is -2.08. The highest BCUT2D eigenvalue weighted by Gasteiger charge is 2.09. The van der Waals surface area contributed by atoms with Gasteiger partial charge in [0.2, 0.25) is 0 Å². The maximum Gasteiger partial charge on any atom is 0.175 e. The average molecular weight is 326 g/mol. The van der Waals surface area contributed by atoms with Crippen molar-refractivity contribution in [3.63, 3.8) is 0 Å². The third-order valence-electron chi connectivity index (χ3n) is 2.48. The highest BCUT2D eigenvalue weighted by molar-refractivity contribution is 8.02. The predicted molar refractivity (Wildman–Crippen MR) is 85.3 cm³/mol. The van der Waals surface area contributed by atoms with E-state index in [4.69, 9.17) is 15.9 Å². The topological polar surface area (TPSA) is 84.9 Å². The first kappa shape index (κ1) is 15.1. The first-order chi connectivity index (χ1) is 9.63. The van der Waals surface area contributed by atoms with Crippen LogP contribution < -0.4 is 10.5 Å². The molecule has 0 saturated heterocycles. The van der Waals surface area contributed by atoms with Crippen LogP contribution in [0.4, 0.5) is 0 Å². The van der Waals surface area contributed by atoms with Crippen molar-refractivity contribution in [3.8, 4) is 5.75 Å². The maximum absolute atomic E-state index is 7.48. The average Bonchev–Trinajstić information content (AvgIpc) is 2.92. The molecule has 0 saturated carbocycles. The molecule has 0 aliphatic carbocycles. The Bertz CT molecular complexity index is 614. The summed E-state index contributed by atoms with van der Waals surface area (Å²) < 4.78 is 7.18. The van der Waals surface area contributed by atoms with Gasteiger partial charge in [-0.15, -0.1) is 10.2 Å². The zero-order chi connectivity index (χ0) is 14.5. The van der Waals surface area contributed by atoms with Crippen LogP contribution in [-0.4, -0.2) is 29.4 Å². The summed E-state index contributed by atoms with van der Waals surface area (Å²) in [5.41, 5.74) is 7.21. The fraction of sp³-hybridized carbons (Fsp3) is 0.250. The number of amidine groups is 1. The summed E-state index contributed by atoms with van der Waals surface area (Å²) in [6.45, 7) is 0. The number of nitrogen functional groups attached to an aromatic ring is 1. The van der Waals surface area contributed by atoms with Gasteiger partial charge in [-0.25, -0.2) is 0 Å². The second kappa shape index (κ2) is 6.96. The lowest BCUT2D eigenvalue weighted by molar-refractivity contribution is 0.413. The molecule has 2 rings (SSSR count). The molecule has 3 N–H and O–H groups in total. The number of benzene rings is 1. The molecule has 0 amide bonds. The van der Waals surface area contributed by atoms with Gasteiger partial charge in [-0.1, -0.05) is 40.9 Å². The van der Waals surface area contributed by atoms with E-state index in [1.165, 1.54) is 0 Å². The van der Waals surface area contributed by atoms with E-state index < -0.39 is 0 Å². The highest BCUT2D eigenvalue weighted by Crippen LogP contribution is 2.30. The van der Waals surface area contributed by atoms with Gasteiger partial charge < -0.3 is 10.5 Å². The van der Waals surface area contributed by atoms with Crippen molar-refractivity contribution in [2.24, 2.45) is 5.73 Å².